The van der Waals surface area contributed by atoms with Gasteiger partial charge in [0.1, 0.15) is 24.2 Å². The van der Waals surface area contributed by atoms with Crippen molar-refractivity contribution >= 4 is 39.1 Å². The van der Waals surface area contributed by atoms with E-state index in [1.165, 1.54) is 86.9 Å². The highest BCUT2D eigenvalue weighted by atomic mass is 35.5. The highest BCUT2D eigenvalue weighted by Gasteiger charge is 2.36. The van der Waals surface area contributed by atoms with Crippen LogP contribution in [0.4, 0.5) is 10.1 Å². The minimum absolute atomic E-state index is 0.00183. The van der Waals surface area contributed by atoms with Gasteiger partial charge in [-0.15, -0.1) is 0 Å². The molecule has 248 valence electrons. The van der Waals surface area contributed by atoms with Gasteiger partial charge in [-0.05, 0) is 67.3 Å². The molecule has 1 N–H and O–H groups in total. The zero-order valence-corrected chi connectivity index (χ0v) is 27.9. The topological polar surface area (TPSA) is 114 Å². The number of rotatable bonds is 14. The highest BCUT2D eigenvalue weighted by molar-refractivity contribution is 7.92. The third-order valence-electron chi connectivity index (χ3n) is 7.99. The van der Waals surface area contributed by atoms with Crippen LogP contribution < -0.4 is 23.8 Å². The Kier molecular flexibility index (Phi) is 11.7. The molecule has 46 heavy (non-hydrogen) atoms. The predicted octanol–water partition coefficient (Wildman–Crippen LogP) is 5.57. The number of anilines is 1. The number of nitrogens with one attached hydrogen (secondary N) is 1. The second kappa shape index (κ2) is 15.5. The fraction of sp³-hybridized carbons (Fsp3) is 0.394. The molecule has 4 rings (SSSR count). The molecule has 1 aliphatic rings. The highest BCUT2D eigenvalue weighted by Crippen LogP contribution is 2.37. The standard InChI is InChI=1S/C33H39ClFN3O7S/c1-5-27(33(40)36-25-8-6-7-9-25)37(20-22-10-13-24(35)14-11-22)32(39)21-38(28-18-23(34)12-16-29(28)43-2)46(41,42)26-15-17-30(44-3)31(19-26)45-4/h10-19,25,27H,5-9,20-21H2,1-4H3,(H,36,40)/t27-/m1/s1. The summed E-state index contributed by atoms with van der Waals surface area (Å²) in [5.74, 6) is -0.817. The van der Waals surface area contributed by atoms with Crippen LogP contribution in [-0.4, -0.2) is 65.1 Å². The summed E-state index contributed by atoms with van der Waals surface area (Å²) < 4.78 is 59.5. The summed E-state index contributed by atoms with van der Waals surface area (Å²) in [5, 5.41) is 3.27. The number of ether oxygens (including phenoxy) is 3. The zero-order chi connectivity index (χ0) is 33.4. The van der Waals surface area contributed by atoms with E-state index in [4.69, 9.17) is 25.8 Å². The first-order valence-electron chi connectivity index (χ1n) is 14.9. The number of hydrogen-bond donors (Lipinski definition) is 1. The molecule has 0 saturated heterocycles. The number of nitrogens with zero attached hydrogens (tertiary/aromatic N) is 2. The quantitative estimate of drug-likeness (QED) is 0.238. The van der Waals surface area contributed by atoms with Crippen LogP contribution in [0.25, 0.3) is 0 Å². The van der Waals surface area contributed by atoms with Crippen LogP contribution in [0.15, 0.2) is 65.6 Å². The third kappa shape index (κ3) is 8.03. The van der Waals surface area contributed by atoms with E-state index in [0.717, 1.165) is 30.0 Å². The second-order valence-corrected chi connectivity index (χ2v) is 13.2. The molecule has 1 fully saturated rings. The molecule has 3 aromatic carbocycles. The molecule has 1 aliphatic carbocycles. The van der Waals surface area contributed by atoms with Gasteiger partial charge in [0.2, 0.25) is 11.8 Å². The van der Waals surface area contributed by atoms with Gasteiger partial charge in [-0.1, -0.05) is 43.5 Å². The minimum atomic E-state index is -4.48. The molecule has 0 unspecified atom stereocenters. The van der Waals surface area contributed by atoms with E-state index in [-0.39, 0.29) is 52.0 Å². The first-order valence-corrected chi connectivity index (χ1v) is 16.8. The maximum atomic E-state index is 14.4. The predicted molar refractivity (Wildman–Crippen MR) is 174 cm³/mol. The Morgan fingerprint density at radius 2 is 1.57 bits per heavy atom. The molecule has 0 heterocycles. The van der Waals surface area contributed by atoms with Crippen LogP contribution in [0.5, 0.6) is 17.2 Å². The number of carbonyl (C=O) groups is 2. The molecule has 0 aliphatic heterocycles. The van der Waals surface area contributed by atoms with E-state index < -0.39 is 34.3 Å². The lowest BCUT2D eigenvalue weighted by Gasteiger charge is -2.34. The summed E-state index contributed by atoms with van der Waals surface area (Å²) in [7, 11) is -0.299. The normalized spacial score (nSPS) is 14.0. The molecule has 0 radical (unpaired) electrons. The van der Waals surface area contributed by atoms with Gasteiger partial charge in [0.05, 0.1) is 31.9 Å². The van der Waals surface area contributed by atoms with Crippen LogP contribution in [0, 0.1) is 5.82 Å². The molecule has 10 nitrogen and oxygen atoms in total. The van der Waals surface area contributed by atoms with Gasteiger partial charge in [-0.25, -0.2) is 12.8 Å². The minimum Gasteiger partial charge on any atom is -0.495 e. The maximum absolute atomic E-state index is 14.4. The fourth-order valence-electron chi connectivity index (χ4n) is 5.55. The number of sulfonamides is 1. The third-order valence-corrected chi connectivity index (χ3v) is 9.98. The van der Waals surface area contributed by atoms with Gasteiger partial charge >= 0.3 is 0 Å². The molecule has 1 saturated carbocycles. The van der Waals surface area contributed by atoms with Crippen molar-refractivity contribution in [1.29, 1.82) is 0 Å². The van der Waals surface area contributed by atoms with Crippen molar-refractivity contribution in [2.45, 2.75) is 62.6 Å². The lowest BCUT2D eigenvalue weighted by atomic mass is 10.1. The number of amides is 2. The number of methoxy groups -OCH3 is 3. The van der Waals surface area contributed by atoms with E-state index in [2.05, 4.69) is 5.32 Å². The largest absolute Gasteiger partial charge is 0.495 e. The summed E-state index contributed by atoms with van der Waals surface area (Å²) in [6, 6.07) is 13.2. The lowest BCUT2D eigenvalue weighted by Crippen LogP contribution is -2.53. The number of carbonyl (C=O) groups excluding carboxylic acids is 2. The van der Waals surface area contributed by atoms with E-state index in [9.17, 15) is 22.4 Å². The Hall–Kier alpha value is -4.03. The van der Waals surface area contributed by atoms with Crippen molar-refractivity contribution in [1.82, 2.24) is 10.2 Å². The van der Waals surface area contributed by atoms with Gasteiger partial charge in [0.25, 0.3) is 10.0 Å². The Morgan fingerprint density at radius 1 is 0.935 bits per heavy atom. The maximum Gasteiger partial charge on any atom is 0.265 e. The summed E-state index contributed by atoms with van der Waals surface area (Å²) in [4.78, 5) is 29.1. The van der Waals surface area contributed by atoms with Crippen LogP contribution in [0.1, 0.15) is 44.6 Å². The summed E-state index contributed by atoms with van der Waals surface area (Å²) in [6.07, 6.45) is 3.96. The monoisotopic (exact) mass is 675 g/mol. The lowest BCUT2D eigenvalue weighted by molar-refractivity contribution is -0.140. The number of benzene rings is 3. The number of hydrogen-bond acceptors (Lipinski definition) is 7. The van der Waals surface area contributed by atoms with Crippen molar-refractivity contribution in [2.75, 3.05) is 32.2 Å². The van der Waals surface area contributed by atoms with Crippen molar-refractivity contribution in [2.24, 2.45) is 0 Å². The average molecular weight is 676 g/mol. The molecule has 2 amide bonds. The van der Waals surface area contributed by atoms with Gasteiger partial charge in [0.15, 0.2) is 11.5 Å². The zero-order valence-electron chi connectivity index (χ0n) is 26.3. The van der Waals surface area contributed by atoms with Crippen molar-refractivity contribution in [3.05, 3.63) is 77.1 Å². The SMILES string of the molecule is CC[C@H](C(=O)NC1CCCC1)N(Cc1ccc(F)cc1)C(=O)CN(c1cc(Cl)ccc1OC)S(=O)(=O)c1ccc(OC)c(OC)c1. The molecule has 13 heteroatoms. The summed E-state index contributed by atoms with van der Waals surface area (Å²) in [5.41, 5.74) is 0.583. The van der Waals surface area contributed by atoms with Crippen molar-refractivity contribution in [3.8, 4) is 17.2 Å². The van der Waals surface area contributed by atoms with Crippen molar-refractivity contribution < 1.29 is 36.6 Å². The molecule has 0 bridgehead atoms. The van der Waals surface area contributed by atoms with Gasteiger partial charge in [0, 0.05) is 23.7 Å². The van der Waals surface area contributed by atoms with Crippen LogP contribution in [0.3, 0.4) is 0 Å². The van der Waals surface area contributed by atoms with E-state index in [1.54, 1.807) is 6.92 Å². The smallest absolute Gasteiger partial charge is 0.265 e. The molecule has 0 aromatic heterocycles. The Bertz CT molecular complexity index is 1630. The Morgan fingerprint density at radius 3 is 2.17 bits per heavy atom. The van der Waals surface area contributed by atoms with E-state index >= 15 is 0 Å². The van der Waals surface area contributed by atoms with Crippen LogP contribution in [0.2, 0.25) is 5.02 Å². The van der Waals surface area contributed by atoms with E-state index in [1.807, 2.05) is 0 Å². The average Bonchev–Trinajstić information content (AvgIpc) is 3.56. The molecular formula is C33H39ClFN3O7S. The first kappa shape index (κ1) is 34.8. The Balaban J connectivity index is 1.80. The molecule has 0 spiro atoms. The van der Waals surface area contributed by atoms with Crippen molar-refractivity contribution in [3.63, 3.8) is 0 Å². The first-order chi connectivity index (χ1) is 22.0. The summed E-state index contributed by atoms with van der Waals surface area (Å²) >= 11 is 6.32. The molecule has 1 atom stereocenters. The molecular weight excluding hydrogens is 637 g/mol. The second-order valence-electron chi connectivity index (χ2n) is 10.9. The van der Waals surface area contributed by atoms with Gasteiger partial charge in [-0.2, -0.15) is 0 Å². The van der Waals surface area contributed by atoms with Gasteiger partial charge < -0.3 is 24.4 Å². The van der Waals surface area contributed by atoms with Gasteiger partial charge in [-0.3, -0.25) is 13.9 Å². The van der Waals surface area contributed by atoms with Crippen LogP contribution in [-0.2, 0) is 26.2 Å². The number of halogens is 2. The van der Waals surface area contributed by atoms with E-state index in [0.29, 0.717) is 11.3 Å². The fourth-order valence-corrected chi connectivity index (χ4v) is 7.15. The Labute approximate surface area is 274 Å². The van der Waals surface area contributed by atoms with Crippen LogP contribution >= 0.6 is 11.6 Å². The molecule has 3 aromatic rings. The summed E-state index contributed by atoms with van der Waals surface area (Å²) in [6.45, 7) is 1.01.